The van der Waals surface area contributed by atoms with Crippen LogP contribution in [-0.2, 0) is 0 Å². The van der Waals surface area contributed by atoms with Crippen LogP contribution in [-0.4, -0.2) is 46.1 Å². The van der Waals surface area contributed by atoms with Gasteiger partial charge in [0, 0.05) is 25.7 Å². The van der Waals surface area contributed by atoms with E-state index in [2.05, 4.69) is 15.0 Å². The molecule has 2 aromatic rings. The molecule has 6 heteroatoms. The Labute approximate surface area is 97.3 Å². The third kappa shape index (κ3) is 1.88. The minimum Gasteiger partial charge on any atom is -0.344 e. The van der Waals surface area contributed by atoms with Crippen LogP contribution in [0.15, 0.2) is 17.4 Å². The normalized spacial score (nSPS) is 10.7. The fourth-order valence-electron chi connectivity index (χ4n) is 1.35. The molecule has 0 atom stereocenters. The summed E-state index contributed by atoms with van der Waals surface area (Å²) in [5.74, 6) is -0.0660. The van der Waals surface area contributed by atoms with E-state index in [1.807, 2.05) is 6.26 Å². The van der Waals surface area contributed by atoms with Crippen LogP contribution in [0.4, 0.5) is 0 Å². The van der Waals surface area contributed by atoms with Crippen molar-refractivity contribution in [1.29, 1.82) is 0 Å². The highest BCUT2D eigenvalue weighted by atomic mass is 32.2. The standard InChI is InChI=1S/C10H12N4OS/c1-14(2)9(15)7-4-6-5-11-10(16-3)13-8(6)12-7/h4-5H,1-3H3,(H,11,12,13). The van der Waals surface area contributed by atoms with E-state index in [0.717, 1.165) is 5.39 Å². The lowest BCUT2D eigenvalue weighted by Gasteiger charge is -2.07. The highest BCUT2D eigenvalue weighted by Gasteiger charge is 2.12. The summed E-state index contributed by atoms with van der Waals surface area (Å²) in [5.41, 5.74) is 1.23. The largest absolute Gasteiger partial charge is 0.344 e. The lowest BCUT2D eigenvalue weighted by Crippen LogP contribution is -2.21. The van der Waals surface area contributed by atoms with Gasteiger partial charge in [0.15, 0.2) is 5.16 Å². The predicted octanol–water partition coefficient (Wildman–Crippen LogP) is 1.38. The van der Waals surface area contributed by atoms with Crippen LogP contribution in [0.1, 0.15) is 10.5 Å². The van der Waals surface area contributed by atoms with Crippen LogP contribution in [0.3, 0.4) is 0 Å². The van der Waals surface area contributed by atoms with Gasteiger partial charge in [0.05, 0.1) is 0 Å². The van der Waals surface area contributed by atoms with E-state index in [0.29, 0.717) is 16.5 Å². The minimum absolute atomic E-state index is 0.0660. The number of fused-ring (bicyclic) bond motifs is 1. The molecule has 2 rings (SSSR count). The van der Waals surface area contributed by atoms with Crippen molar-refractivity contribution in [1.82, 2.24) is 19.9 Å². The fraction of sp³-hybridized carbons (Fsp3) is 0.300. The number of carbonyl (C=O) groups excluding carboxylic acids is 1. The molecule has 0 aliphatic carbocycles. The monoisotopic (exact) mass is 236 g/mol. The lowest BCUT2D eigenvalue weighted by molar-refractivity contribution is 0.0823. The first-order valence-corrected chi connectivity index (χ1v) is 5.95. The number of rotatable bonds is 2. The molecule has 0 saturated carbocycles. The molecular weight excluding hydrogens is 224 g/mol. The number of hydrogen-bond acceptors (Lipinski definition) is 4. The van der Waals surface area contributed by atoms with Crippen LogP contribution in [0.25, 0.3) is 11.0 Å². The van der Waals surface area contributed by atoms with Crippen molar-refractivity contribution in [2.45, 2.75) is 5.16 Å². The quantitative estimate of drug-likeness (QED) is 0.632. The van der Waals surface area contributed by atoms with E-state index in [-0.39, 0.29) is 5.91 Å². The van der Waals surface area contributed by atoms with Gasteiger partial charge in [-0.15, -0.1) is 0 Å². The second kappa shape index (κ2) is 4.13. The minimum atomic E-state index is -0.0660. The predicted molar refractivity (Wildman–Crippen MR) is 63.7 cm³/mol. The zero-order chi connectivity index (χ0) is 11.7. The SMILES string of the molecule is CSc1ncc2cc(C(=O)N(C)C)[nH]c2n1. The number of carbonyl (C=O) groups is 1. The molecule has 16 heavy (non-hydrogen) atoms. The van der Waals surface area contributed by atoms with Gasteiger partial charge in [0.1, 0.15) is 11.3 Å². The third-order valence-corrected chi connectivity index (χ3v) is 2.73. The second-order valence-corrected chi connectivity index (χ2v) is 4.32. The average molecular weight is 236 g/mol. The van der Waals surface area contributed by atoms with Crippen LogP contribution in [0.5, 0.6) is 0 Å². The first kappa shape index (κ1) is 10.9. The molecule has 84 valence electrons. The first-order valence-electron chi connectivity index (χ1n) is 4.73. The van der Waals surface area contributed by atoms with Gasteiger partial charge < -0.3 is 9.88 Å². The van der Waals surface area contributed by atoms with Crippen molar-refractivity contribution in [3.8, 4) is 0 Å². The number of nitrogens with one attached hydrogen (secondary N) is 1. The van der Waals surface area contributed by atoms with Crippen LogP contribution in [0, 0.1) is 0 Å². The van der Waals surface area contributed by atoms with Crippen LogP contribution in [0.2, 0.25) is 0 Å². The molecule has 2 heterocycles. The van der Waals surface area contributed by atoms with Gasteiger partial charge in [-0.3, -0.25) is 4.79 Å². The van der Waals surface area contributed by atoms with E-state index >= 15 is 0 Å². The summed E-state index contributed by atoms with van der Waals surface area (Å²) >= 11 is 1.47. The Kier molecular flexibility index (Phi) is 2.82. The van der Waals surface area contributed by atoms with Gasteiger partial charge in [-0.25, -0.2) is 9.97 Å². The maximum atomic E-state index is 11.7. The Bertz CT molecular complexity index is 535. The third-order valence-electron chi connectivity index (χ3n) is 2.17. The molecule has 0 aliphatic rings. The molecule has 0 radical (unpaired) electrons. The summed E-state index contributed by atoms with van der Waals surface area (Å²) in [5, 5.41) is 1.54. The van der Waals surface area contributed by atoms with Crippen molar-refractivity contribution in [3.63, 3.8) is 0 Å². The van der Waals surface area contributed by atoms with Crippen molar-refractivity contribution in [3.05, 3.63) is 18.0 Å². The van der Waals surface area contributed by atoms with Crippen LogP contribution < -0.4 is 0 Å². The zero-order valence-electron chi connectivity index (χ0n) is 9.31. The highest BCUT2D eigenvalue weighted by molar-refractivity contribution is 7.98. The molecule has 0 aromatic carbocycles. The van der Waals surface area contributed by atoms with E-state index in [9.17, 15) is 4.79 Å². The van der Waals surface area contributed by atoms with Gasteiger partial charge in [-0.2, -0.15) is 0 Å². The van der Waals surface area contributed by atoms with Gasteiger partial charge in [0.2, 0.25) is 0 Å². The van der Waals surface area contributed by atoms with Gasteiger partial charge in [-0.05, 0) is 12.3 Å². The molecule has 1 N–H and O–H groups in total. The van der Waals surface area contributed by atoms with Gasteiger partial charge >= 0.3 is 0 Å². The molecule has 0 saturated heterocycles. The first-order chi connectivity index (χ1) is 7.61. The highest BCUT2D eigenvalue weighted by Crippen LogP contribution is 2.16. The van der Waals surface area contributed by atoms with Gasteiger partial charge in [0.25, 0.3) is 5.91 Å². The maximum Gasteiger partial charge on any atom is 0.269 e. The number of nitrogens with zero attached hydrogens (tertiary/aromatic N) is 3. The lowest BCUT2D eigenvalue weighted by atomic mass is 10.3. The number of thioether (sulfide) groups is 1. The van der Waals surface area contributed by atoms with Crippen molar-refractivity contribution >= 4 is 28.7 Å². The van der Waals surface area contributed by atoms with Crippen molar-refractivity contribution < 1.29 is 4.79 Å². The fourth-order valence-corrected chi connectivity index (χ4v) is 1.70. The number of aromatic amines is 1. The van der Waals surface area contributed by atoms with E-state index in [1.165, 1.54) is 16.7 Å². The Hall–Kier alpha value is -1.56. The van der Waals surface area contributed by atoms with Crippen LogP contribution >= 0.6 is 11.8 Å². The average Bonchev–Trinajstić information content (AvgIpc) is 2.69. The number of H-pyrrole nitrogens is 1. The van der Waals surface area contributed by atoms with Crippen molar-refractivity contribution in [2.75, 3.05) is 20.4 Å². The smallest absolute Gasteiger partial charge is 0.269 e. The molecule has 0 unspecified atom stereocenters. The topological polar surface area (TPSA) is 61.9 Å². The molecule has 0 fully saturated rings. The molecular formula is C10H12N4OS. The molecule has 0 aliphatic heterocycles. The number of amides is 1. The Morgan fingerprint density at radius 2 is 2.25 bits per heavy atom. The van der Waals surface area contributed by atoms with E-state index in [1.54, 1.807) is 26.4 Å². The van der Waals surface area contributed by atoms with E-state index in [4.69, 9.17) is 0 Å². The maximum absolute atomic E-state index is 11.7. The molecule has 2 aromatic heterocycles. The molecule has 5 nitrogen and oxygen atoms in total. The van der Waals surface area contributed by atoms with Gasteiger partial charge in [-0.1, -0.05) is 11.8 Å². The Morgan fingerprint density at radius 1 is 1.50 bits per heavy atom. The Morgan fingerprint density at radius 3 is 2.88 bits per heavy atom. The summed E-state index contributed by atoms with van der Waals surface area (Å²) in [4.78, 5) is 24.7. The number of hydrogen-bond donors (Lipinski definition) is 1. The summed E-state index contributed by atoms with van der Waals surface area (Å²) < 4.78 is 0. The van der Waals surface area contributed by atoms with E-state index < -0.39 is 0 Å². The zero-order valence-corrected chi connectivity index (χ0v) is 10.1. The summed E-state index contributed by atoms with van der Waals surface area (Å²) in [7, 11) is 3.43. The molecule has 0 bridgehead atoms. The summed E-state index contributed by atoms with van der Waals surface area (Å²) in [6.07, 6.45) is 3.63. The summed E-state index contributed by atoms with van der Waals surface area (Å²) in [6, 6.07) is 1.77. The van der Waals surface area contributed by atoms with Crippen molar-refractivity contribution in [2.24, 2.45) is 0 Å². The number of aromatic nitrogens is 3. The molecule has 1 amide bonds. The summed E-state index contributed by atoms with van der Waals surface area (Å²) in [6.45, 7) is 0. The second-order valence-electron chi connectivity index (χ2n) is 3.54. The molecule has 0 spiro atoms. The Balaban J connectivity index is 2.47.